The van der Waals surface area contributed by atoms with Crippen molar-refractivity contribution in [1.82, 2.24) is 4.98 Å². The first kappa shape index (κ1) is 33.1. The molecule has 8 heteroatoms. The van der Waals surface area contributed by atoms with Crippen LogP contribution in [0.25, 0.3) is 0 Å². The van der Waals surface area contributed by atoms with E-state index in [0.29, 0.717) is 25.7 Å². The van der Waals surface area contributed by atoms with Gasteiger partial charge in [-0.25, -0.2) is 4.79 Å². The molecule has 2 unspecified atom stereocenters. The molecule has 0 amide bonds. The maximum absolute atomic E-state index is 13.7. The molecule has 1 aromatic heterocycles. The standard InChI is InChI=1S/C33H53N3O5/c1-12-38-20-23(4)40-26-13-14-33(11,21-35-26)25-19-34-24(5)27(28(25)36-17-15-32(9,10)16-18-36)29(41-31(6,7)8)30(37)39-22(2)3/h13-14,19,22-23,29H,12,15-18,20-21H2,1-11H3/t23?,29-,33?/m0/s1. The second kappa shape index (κ2) is 13.2. The summed E-state index contributed by atoms with van der Waals surface area (Å²) in [5.41, 5.74) is 2.83. The van der Waals surface area contributed by atoms with Crippen LogP contribution in [0.4, 0.5) is 5.69 Å². The smallest absolute Gasteiger partial charge is 0.340 e. The van der Waals surface area contributed by atoms with Gasteiger partial charge in [0.1, 0.15) is 6.10 Å². The molecule has 0 N–H and O–H groups in total. The van der Waals surface area contributed by atoms with Crippen molar-refractivity contribution in [2.45, 2.75) is 118 Å². The van der Waals surface area contributed by atoms with Gasteiger partial charge in [-0.05, 0) is 79.7 Å². The first-order chi connectivity index (χ1) is 19.0. The van der Waals surface area contributed by atoms with Crippen molar-refractivity contribution in [3.63, 3.8) is 0 Å². The van der Waals surface area contributed by atoms with Gasteiger partial charge in [0.2, 0.25) is 5.90 Å². The molecule has 2 aliphatic heterocycles. The van der Waals surface area contributed by atoms with Gasteiger partial charge in [-0.1, -0.05) is 26.8 Å². The number of hydrogen-bond donors (Lipinski definition) is 0. The lowest BCUT2D eigenvalue weighted by Gasteiger charge is -2.43. The van der Waals surface area contributed by atoms with E-state index in [-0.39, 0.29) is 17.6 Å². The van der Waals surface area contributed by atoms with Crippen molar-refractivity contribution in [3.05, 3.63) is 35.2 Å². The summed E-state index contributed by atoms with van der Waals surface area (Å²) >= 11 is 0. The Labute approximate surface area is 247 Å². The number of dihydropyridines is 1. The molecule has 3 heterocycles. The molecule has 0 aromatic carbocycles. The molecule has 0 saturated carbocycles. The molecule has 0 bridgehead atoms. The minimum atomic E-state index is -0.909. The Morgan fingerprint density at radius 1 is 1.12 bits per heavy atom. The third-order valence-corrected chi connectivity index (χ3v) is 7.67. The highest BCUT2D eigenvalue weighted by Crippen LogP contribution is 2.45. The molecule has 8 nitrogen and oxygen atoms in total. The van der Waals surface area contributed by atoms with E-state index in [4.69, 9.17) is 28.9 Å². The fourth-order valence-electron chi connectivity index (χ4n) is 5.27. The zero-order valence-electron chi connectivity index (χ0n) is 27.3. The normalized spacial score (nSPS) is 22.3. The summed E-state index contributed by atoms with van der Waals surface area (Å²) in [7, 11) is 0. The number of carbonyl (C=O) groups is 1. The number of aryl methyl sites for hydroxylation is 1. The summed E-state index contributed by atoms with van der Waals surface area (Å²) in [5, 5.41) is 0. The van der Waals surface area contributed by atoms with Crippen LogP contribution in [0.2, 0.25) is 0 Å². The summed E-state index contributed by atoms with van der Waals surface area (Å²) in [5.74, 6) is 0.211. The largest absolute Gasteiger partial charge is 0.472 e. The van der Waals surface area contributed by atoms with Crippen LogP contribution in [0.15, 0.2) is 23.3 Å². The highest BCUT2D eigenvalue weighted by Gasteiger charge is 2.40. The van der Waals surface area contributed by atoms with Gasteiger partial charge in [-0.15, -0.1) is 0 Å². The summed E-state index contributed by atoms with van der Waals surface area (Å²) in [6.07, 6.45) is 6.90. The van der Waals surface area contributed by atoms with Gasteiger partial charge >= 0.3 is 5.97 Å². The number of aliphatic imine (C=N–C) groups is 1. The maximum atomic E-state index is 13.7. The predicted molar refractivity (Wildman–Crippen MR) is 165 cm³/mol. The Kier molecular flexibility index (Phi) is 10.7. The number of ether oxygens (including phenoxy) is 4. The maximum Gasteiger partial charge on any atom is 0.340 e. The lowest BCUT2D eigenvalue weighted by Crippen LogP contribution is -2.41. The highest BCUT2D eigenvalue weighted by atomic mass is 16.6. The zero-order valence-corrected chi connectivity index (χ0v) is 27.3. The number of esters is 1. The van der Waals surface area contributed by atoms with E-state index >= 15 is 0 Å². The molecule has 2 aliphatic rings. The minimum absolute atomic E-state index is 0.0927. The summed E-state index contributed by atoms with van der Waals surface area (Å²) in [4.78, 5) is 25.8. The van der Waals surface area contributed by atoms with E-state index in [9.17, 15) is 4.79 Å². The van der Waals surface area contributed by atoms with Crippen LogP contribution in [0.1, 0.15) is 105 Å². The number of nitrogens with zero attached hydrogens (tertiary/aromatic N) is 3. The molecule has 0 radical (unpaired) electrons. The first-order valence-electron chi connectivity index (χ1n) is 15.2. The molecule has 0 spiro atoms. The molecule has 1 aromatic rings. The Balaban J connectivity index is 2.11. The summed E-state index contributed by atoms with van der Waals surface area (Å²) in [6.45, 7) is 25.8. The van der Waals surface area contributed by atoms with Crippen molar-refractivity contribution >= 4 is 17.6 Å². The molecular formula is C33H53N3O5. The van der Waals surface area contributed by atoms with Crippen molar-refractivity contribution in [3.8, 4) is 0 Å². The van der Waals surface area contributed by atoms with Crippen LogP contribution in [0.3, 0.4) is 0 Å². The molecule has 3 rings (SSSR count). The number of rotatable bonds is 10. The van der Waals surface area contributed by atoms with E-state index in [1.165, 1.54) is 0 Å². The average molecular weight is 572 g/mol. The number of pyridine rings is 1. The topological polar surface area (TPSA) is 82.5 Å². The quantitative estimate of drug-likeness (QED) is 0.297. The number of piperidine rings is 1. The van der Waals surface area contributed by atoms with E-state index in [1.54, 1.807) is 0 Å². The molecular weight excluding hydrogens is 518 g/mol. The summed E-state index contributed by atoms with van der Waals surface area (Å²) < 4.78 is 23.8. The lowest BCUT2D eigenvalue weighted by atomic mass is 9.77. The molecule has 41 heavy (non-hydrogen) atoms. The Morgan fingerprint density at radius 2 is 1.78 bits per heavy atom. The molecule has 0 aliphatic carbocycles. The second-order valence-electron chi connectivity index (χ2n) is 13.8. The van der Waals surface area contributed by atoms with Crippen molar-refractivity contribution < 1.29 is 23.7 Å². The van der Waals surface area contributed by atoms with Crippen LogP contribution in [0.5, 0.6) is 0 Å². The van der Waals surface area contributed by atoms with E-state index < -0.39 is 23.1 Å². The number of anilines is 1. The SMILES string of the molecule is CCOCC(C)OC1=NCC(C)(c2cnc(C)c([C@H](OC(C)(C)C)C(=O)OC(C)C)c2N2CCC(C)(C)CC2)C=C1. The van der Waals surface area contributed by atoms with Gasteiger partial charge in [0.05, 0.1) is 30.5 Å². The predicted octanol–water partition coefficient (Wildman–Crippen LogP) is 6.49. The van der Waals surface area contributed by atoms with E-state index in [2.05, 4.69) is 31.7 Å². The highest BCUT2D eigenvalue weighted by molar-refractivity contribution is 5.89. The average Bonchev–Trinajstić information content (AvgIpc) is 2.86. The van der Waals surface area contributed by atoms with Crippen LogP contribution in [0, 0.1) is 12.3 Å². The zero-order chi connectivity index (χ0) is 30.6. The van der Waals surface area contributed by atoms with Crippen LogP contribution in [-0.4, -0.2) is 67.5 Å². The minimum Gasteiger partial charge on any atom is -0.472 e. The van der Waals surface area contributed by atoms with Crippen molar-refractivity contribution in [2.75, 3.05) is 37.7 Å². The number of hydrogen-bond acceptors (Lipinski definition) is 8. The van der Waals surface area contributed by atoms with Gasteiger partial charge in [0, 0.05) is 48.1 Å². The van der Waals surface area contributed by atoms with Gasteiger partial charge in [-0.2, -0.15) is 0 Å². The third kappa shape index (κ3) is 8.77. The third-order valence-electron chi connectivity index (χ3n) is 7.67. The molecule has 3 atom stereocenters. The van der Waals surface area contributed by atoms with Crippen LogP contribution in [-0.2, 0) is 29.2 Å². The van der Waals surface area contributed by atoms with Crippen LogP contribution < -0.4 is 4.90 Å². The fourth-order valence-corrected chi connectivity index (χ4v) is 5.27. The van der Waals surface area contributed by atoms with Gasteiger partial charge in [-0.3, -0.25) is 9.98 Å². The van der Waals surface area contributed by atoms with Gasteiger partial charge in [0.15, 0.2) is 6.10 Å². The Morgan fingerprint density at radius 3 is 2.32 bits per heavy atom. The van der Waals surface area contributed by atoms with E-state index in [0.717, 1.165) is 48.4 Å². The van der Waals surface area contributed by atoms with Crippen LogP contribution >= 0.6 is 0 Å². The molecule has 1 saturated heterocycles. The van der Waals surface area contributed by atoms with Crippen molar-refractivity contribution in [2.24, 2.45) is 10.4 Å². The Bertz CT molecular complexity index is 1110. The monoisotopic (exact) mass is 571 g/mol. The number of carbonyl (C=O) groups excluding carboxylic acids is 1. The van der Waals surface area contributed by atoms with Gasteiger partial charge < -0.3 is 23.8 Å². The lowest BCUT2D eigenvalue weighted by molar-refractivity contribution is -0.171. The fraction of sp³-hybridized carbons (Fsp3) is 0.727. The van der Waals surface area contributed by atoms with E-state index in [1.807, 2.05) is 67.7 Å². The Hall–Kier alpha value is -2.45. The molecule has 230 valence electrons. The first-order valence-corrected chi connectivity index (χ1v) is 15.2. The second-order valence-corrected chi connectivity index (χ2v) is 13.8. The van der Waals surface area contributed by atoms with Gasteiger partial charge in [0.25, 0.3) is 0 Å². The van der Waals surface area contributed by atoms with Crippen molar-refractivity contribution in [1.29, 1.82) is 0 Å². The molecule has 1 fully saturated rings. The number of aromatic nitrogens is 1. The summed E-state index contributed by atoms with van der Waals surface area (Å²) in [6, 6.07) is 0.